The van der Waals surface area contributed by atoms with E-state index in [1.54, 1.807) is 12.5 Å². The lowest BCUT2D eigenvalue weighted by Gasteiger charge is -1.90. The van der Waals surface area contributed by atoms with E-state index in [4.69, 9.17) is 26.6 Å². The molecule has 0 spiro atoms. The van der Waals surface area contributed by atoms with Crippen molar-refractivity contribution in [3.63, 3.8) is 0 Å². The molecule has 0 bridgehead atoms. The Morgan fingerprint density at radius 3 is 2.40 bits per heavy atom. The molecule has 0 saturated carbocycles. The van der Waals surface area contributed by atoms with Crippen molar-refractivity contribution in [2.45, 2.75) is 26.0 Å². The zero-order chi connectivity index (χ0) is 18.9. The Kier molecular flexibility index (Phi) is 14.4. The molecule has 3 rings (SSSR count). The number of nitrogens with one attached hydrogen (secondary N) is 2. The van der Waals surface area contributed by atoms with E-state index in [2.05, 4.69) is 20.3 Å². The molecule has 8 heteroatoms. The van der Waals surface area contributed by atoms with Crippen molar-refractivity contribution in [2.75, 3.05) is 20.1 Å². The standard InChI is InChI=1S/C7H7Cl.C5H8N2O.C4H9NO.CH2O2/c1-6-2-4-7(8)5-3-6;1-6-2-5-3-7-8-4-5;6-4-1-2-5-3-4;2-1-3/h2-5H,1H3;3-4,6H,2H2,1H3;4-6H,1-3H2;1H,(H,2,3). The number of benzene rings is 1. The van der Waals surface area contributed by atoms with Crippen molar-refractivity contribution in [3.05, 3.63) is 52.9 Å². The molecule has 1 aromatic heterocycles. The van der Waals surface area contributed by atoms with Gasteiger partial charge in [0.15, 0.2) is 0 Å². The van der Waals surface area contributed by atoms with Gasteiger partial charge in [-0.25, -0.2) is 0 Å². The summed E-state index contributed by atoms with van der Waals surface area (Å²) in [6.45, 7) is 4.39. The van der Waals surface area contributed by atoms with Crippen LogP contribution in [0.2, 0.25) is 5.02 Å². The van der Waals surface area contributed by atoms with E-state index in [0.717, 1.165) is 36.6 Å². The Balaban J connectivity index is 0.000000323. The summed E-state index contributed by atoms with van der Waals surface area (Å²) >= 11 is 5.61. The minimum absolute atomic E-state index is 0.0648. The number of nitrogens with zero attached hydrogens (tertiary/aromatic N) is 1. The van der Waals surface area contributed by atoms with Crippen LogP contribution in [0.25, 0.3) is 0 Å². The molecule has 1 aliphatic heterocycles. The molecule has 25 heavy (non-hydrogen) atoms. The van der Waals surface area contributed by atoms with Crippen LogP contribution in [-0.4, -0.2) is 48.1 Å². The zero-order valence-electron chi connectivity index (χ0n) is 14.5. The van der Waals surface area contributed by atoms with Crippen LogP contribution in [0.4, 0.5) is 0 Å². The van der Waals surface area contributed by atoms with Gasteiger partial charge in [0.25, 0.3) is 6.47 Å². The molecule has 1 aromatic carbocycles. The third-order valence-corrected chi connectivity index (χ3v) is 3.16. The van der Waals surface area contributed by atoms with Crippen LogP contribution < -0.4 is 10.6 Å². The predicted octanol–water partition coefficient (Wildman–Crippen LogP) is 2.08. The molecule has 2 heterocycles. The van der Waals surface area contributed by atoms with Gasteiger partial charge in [0.05, 0.1) is 12.3 Å². The highest BCUT2D eigenvalue weighted by Crippen LogP contribution is 2.07. The number of carbonyl (C=O) groups is 1. The number of aliphatic hydroxyl groups excluding tert-OH is 1. The molecule has 1 unspecified atom stereocenters. The van der Waals surface area contributed by atoms with Crippen molar-refractivity contribution in [2.24, 2.45) is 0 Å². The Labute approximate surface area is 153 Å². The summed E-state index contributed by atoms with van der Waals surface area (Å²) in [6.07, 6.45) is 4.18. The van der Waals surface area contributed by atoms with Crippen LogP contribution in [0.1, 0.15) is 17.5 Å². The van der Waals surface area contributed by atoms with E-state index in [1.807, 2.05) is 38.2 Å². The summed E-state index contributed by atoms with van der Waals surface area (Å²) in [5, 5.41) is 25.9. The molecule has 0 amide bonds. The fourth-order valence-corrected chi connectivity index (χ4v) is 1.82. The Hall–Kier alpha value is -1.93. The number of aryl methyl sites for hydroxylation is 1. The average Bonchev–Trinajstić information content (AvgIpc) is 3.27. The second kappa shape index (κ2) is 15.6. The Morgan fingerprint density at radius 2 is 2.08 bits per heavy atom. The summed E-state index contributed by atoms with van der Waals surface area (Å²) in [5.41, 5.74) is 2.32. The molecule has 4 N–H and O–H groups in total. The highest BCUT2D eigenvalue weighted by atomic mass is 35.5. The molecule has 0 aliphatic carbocycles. The van der Waals surface area contributed by atoms with Gasteiger partial charge in [-0.2, -0.15) is 0 Å². The van der Waals surface area contributed by atoms with Crippen LogP contribution in [-0.2, 0) is 11.3 Å². The van der Waals surface area contributed by atoms with Gasteiger partial charge in [0.2, 0.25) is 0 Å². The molecule has 0 radical (unpaired) electrons. The van der Waals surface area contributed by atoms with Gasteiger partial charge in [0, 0.05) is 23.7 Å². The number of hydrogen-bond donors (Lipinski definition) is 4. The van der Waals surface area contributed by atoms with Gasteiger partial charge in [-0.05, 0) is 39.1 Å². The van der Waals surface area contributed by atoms with E-state index >= 15 is 0 Å². The van der Waals surface area contributed by atoms with Crippen LogP contribution in [0.15, 0.2) is 41.2 Å². The lowest BCUT2D eigenvalue weighted by atomic mass is 10.2. The third kappa shape index (κ3) is 14.1. The highest BCUT2D eigenvalue weighted by Gasteiger charge is 2.08. The highest BCUT2D eigenvalue weighted by molar-refractivity contribution is 6.30. The van der Waals surface area contributed by atoms with Gasteiger partial charge in [-0.15, -0.1) is 0 Å². The van der Waals surface area contributed by atoms with Crippen LogP contribution >= 0.6 is 11.6 Å². The minimum atomic E-state index is -0.250. The van der Waals surface area contributed by atoms with Gasteiger partial charge >= 0.3 is 0 Å². The second-order valence-electron chi connectivity index (χ2n) is 5.11. The van der Waals surface area contributed by atoms with Crippen molar-refractivity contribution in [3.8, 4) is 0 Å². The summed E-state index contributed by atoms with van der Waals surface area (Å²) in [7, 11) is 1.88. The van der Waals surface area contributed by atoms with E-state index in [-0.39, 0.29) is 12.6 Å². The molecule has 1 aliphatic rings. The quantitative estimate of drug-likeness (QED) is 0.598. The van der Waals surface area contributed by atoms with E-state index in [0.29, 0.717) is 0 Å². The molecular weight excluding hydrogens is 346 g/mol. The number of carboxylic acid groups (broad SMARTS) is 1. The summed E-state index contributed by atoms with van der Waals surface area (Å²) < 4.78 is 4.58. The second-order valence-corrected chi connectivity index (χ2v) is 5.55. The zero-order valence-corrected chi connectivity index (χ0v) is 15.2. The lowest BCUT2D eigenvalue weighted by molar-refractivity contribution is -0.122. The fourth-order valence-electron chi connectivity index (χ4n) is 1.69. The Morgan fingerprint density at radius 1 is 1.44 bits per heavy atom. The van der Waals surface area contributed by atoms with E-state index < -0.39 is 0 Å². The fraction of sp³-hybridized carbons (Fsp3) is 0.412. The molecule has 2 aromatic rings. The van der Waals surface area contributed by atoms with Gasteiger partial charge in [-0.1, -0.05) is 34.5 Å². The first-order valence-corrected chi connectivity index (χ1v) is 8.12. The first kappa shape index (κ1) is 23.1. The summed E-state index contributed by atoms with van der Waals surface area (Å²) in [4.78, 5) is 8.36. The van der Waals surface area contributed by atoms with Crippen LogP contribution in [0.3, 0.4) is 0 Å². The molecule has 7 nitrogen and oxygen atoms in total. The van der Waals surface area contributed by atoms with Gasteiger partial charge < -0.3 is 25.4 Å². The maximum Gasteiger partial charge on any atom is 0.290 e. The average molecular weight is 372 g/mol. The first-order chi connectivity index (χ1) is 12.0. The predicted molar refractivity (Wildman–Crippen MR) is 97.6 cm³/mol. The van der Waals surface area contributed by atoms with E-state index in [9.17, 15) is 0 Å². The normalized spacial score (nSPS) is 14.8. The number of β-amino-alcohol motifs (C(OH)–C–C–N with tert-alkyl or cyclic N) is 1. The van der Waals surface area contributed by atoms with Crippen molar-refractivity contribution in [1.29, 1.82) is 0 Å². The SMILES string of the molecule is CNCc1cnoc1.Cc1ccc(Cl)cc1.O=CO.OC1CCNC1. The van der Waals surface area contributed by atoms with E-state index in [1.165, 1.54) is 5.56 Å². The molecule has 1 fully saturated rings. The first-order valence-electron chi connectivity index (χ1n) is 7.75. The summed E-state index contributed by atoms with van der Waals surface area (Å²) in [6, 6.07) is 7.75. The maximum absolute atomic E-state index is 8.67. The molecule has 1 atom stereocenters. The molecular formula is C17H26ClN3O4. The number of aliphatic hydroxyl groups is 1. The lowest BCUT2D eigenvalue weighted by Crippen LogP contribution is -2.11. The largest absolute Gasteiger partial charge is 0.483 e. The number of hydrogen-bond acceptors (Lipinski definition) is 6. The monoisotopic (exact) mass is 371 g/mol. The smallest absolute Gasteiger partial charge is 0.290 e. The molecule has 140 valence electrons. The van der Waals surface area contributed by atoms with Crippen LogP contribution in [0.5, 0.6) is 0 Å². The van der Waals surface area contributed by atoms with Crippen LogP contribution in [0, 0.1) is 6.92 Å². The van der Waals surface area contributed by atoms with Gasteiger partial charge in [-0.3, -0.25) is 4.79 Å². The maximum atomic E-state index is 8.67. The Bertz CT molecular complexity index is 508. The van der Waals surface area contributed by atoms with Crippen molar-refractivity contribution in [1.82, 2.24) is 15.8 Å². The molecule has 1 saturated heterocycles. The van der Waals surface area contributed by atoms with Crippen molar-refractivity contribution < 1.29 is 19.5 Å². The number of aromatic nitrogens is 1. The number of rotatable bonds is 2. The van der Waals surface area contributed by atoms with Crippen molar-refractivity contribution >= 4 is 18.1 Å². The summed E-state index contributed by atoms with van der Waals surface area (Å²) in [5.74, 6) is 0. The van der Waals surface area contributed by atoms with Gasteiger partial charge in [0.1, 0.15) is 6.26 Å². The topological polar surface area (TPSA) is 108 Å². The minimum Gasteiger partial charge on any atom is -0.483 e. The third-order valence-electron chi connectivity index (χ3n) is 2.91. The number of halogens is 1.